The van der Waals surface area contributed by atoms with Crippen molar-refractivity contribution >= 4 is 28.9 Å². The molecule has 1 aliphatic carbocycles. The Morgan fingerprint density at radius 3 is 2.49 bits per heavy atom. The number of amides is 1. The van der Waals surface area contributed by atoms with Crippen LogP contribution in [0.25, 0.3) is 5.57 Å². The maximum absolute atomic E-state index is 14.8. The number of hydrogen-bond acceptors (Lipinski definition) is 6. The van der Waals surface area contributed by atoms with Crippen molar-refractivity contribution in [3.63, 3.8) is 0 Å². The lowest BCUT2D eigenvalue weighted by atomic mass is 9.72. The van der Waals surface area contributed by atoms with E-state index in [4.69, 9.17) is 26.8 Å². The number of benzene rings is 3. The summed E-state index contributed by atoms with van der Waals surface area (Å²) in [6, 6.07) is 15.6. The first kappa shape index (κ1) is 35.1. The fourth-order valence-corrected chi connectivity index (χ4v) is 7.59. The summed E-state index contributed by atoms with van der Waals surface area (Å²) in [7, 11) is 1.66. The van der Waals surface area contributed by atoms with Gasteiger partial charge in [-0.2, -0.15) is 0 Å². The number of halogens is 3. The van der Waals surface area contributed by atoms with Gasteiger partial charge in [-0.3, -0.25) is 9.59 Å². The van der Waals surface area contributed by atoms with Crippen molar-refractivity contribution in [3.05, 3.63) is 99.1 Å². The highest BCUT2D eigenvalue weighted by Crippen LogP contribution is 2.42. The fraction of sp³-hybridized carbons (Fsp3) is 0.436. The van der Waals surface area contributed by atoms with Gasteiger partial charge in [0.25, 0.3) is 5.91 Å². The van der Waals surface area contributed by atoms with Crippen LogP contribution in [0, 0.1) is 24.5 Å². The highest BCUT2D eigenvalue weighted by molar-refractivity contribution is 6.32. The van der Waals surface area contributed by atoms with Crippen molar-refractivity contribution in [1.29, 1.82) is 0 Å². The minimum absolute atomic E-state index is 0.00608. The van der Waals surface area contributed by atoms with Crippen LogP contribution in [0.4, 0.5) is 8.78 Å². The second-order valence-electron chi connectivity index (χ2n) is 13.6. The van der Waals surface area contributed by atoms with Crippen LogP contribution in [0.5, 0.6) is 11.5 Å². The molecule has 3 aromatic carbocycles. The molecule has 10 heteroatoms. The van der Waals surface area contributed by atoms with E-state index in [9.17, 15) is 18.4 Å². The minimum atomic E-state index is -0.726. The SMILES string of the molecule is COc1cccc(CN(C(=O)C2=C(c3ccc(CCCOc4c(F)ccc(F)c4Cl)cc3)CC3CC(C(N)C(C)=O)CC2N3)C2CC2)c1C. The second-order valence-corrected chi connectivity index (χ2v) is 14.0. The number of ketones is 1. The number of Topliss-reactive ketones (excluding diaryl/α,β-unsaturated/α-hetero) is 1. The number of methoxy groups -OCH3 is 1. The molecule has 49 heavy (non-hydrogen) atoms. The number of carbonyl (C=O) groups excluding carboxylic acids is 2. The van der Waals surface area contributed by atoms with Crippen LogP contribution >= 0.6 is 11.6 Å². The van der Waals surface area contributed by atoms with Crippen molar-refractivity contribution in [2.45, 2.75) is 89.5 Å². The van der Waals surface area contributed by atoms with Gasteiger partial charge in [-0.05, 0) is 111 Å². The number of piperidine rings is 1. The molecule has 0 spiro atoms. The number of fused-ring (bicyclic) bond motifs is 2. The zero-order chi connectivity index (χ0) is 34.8. The minimum Gasteiger partial charge on any atom is -0.496 e. The van der Waals surface area contributed by atoms with Crippen LogP contribution in [-0.4, -0.2) is 54.5 Å². The molecule has 2 bridgehead atoms. The molecule has 6 rings (SSSR count). The molecular formula is C39H44ClF2N3O4. The van der Waals surface area contributed by atoms with Gasteiger partial charge in [-0.1, -0.05) is 48.0 Å². The summed E-state index contributed by atoms with van der Waals surface area (Å²) < 4.78 is 38.9. The number of ether oxygens (including phenoxy) is 2. The van der Waals surface area contributed by atoms with E-state index in [1.807, 2.05) is 36.1 Å². The number of nitrogens with two attached hydrogens (primary N) is 1. The monoisotopic (exact) mass is 691 g/mol. The molecule has 1 saturated carbocycles. The van der Waals surface area contributed by atoms with E-state index < -0.39 is 17.7 Å². The molecule has 0 aromatic heterocycles. The van der Waals surface area contributed by atoms with Gasteiger partial charge in [-0.15, -0.1) is 0 Å². The van der Waals surface area contributed by atoms with Gasteiger partial charge in [0.2, 0.25) is 0 Å². The average molecular weight is 692 g/mol. The number of nitrogens with one attached hydrogen (secondary N) is 1. The number of carbonyl (C=O) groups is 2. The molecule has 260 valence electrons. The van der Waals surface area contributed by atoms with E-state index >= 15 is 0 Å². The van der Waals surface area contributed by atoms with E-state index in [-0.39, 0.29) is 53.1 Å². The van der Waals surface area contributed by atoms with Gasteiger partial charge in [0.05, 0.1) is 19.8 Å². The van der Waals surface area contributed by atoms with Gasteiger partial charge in [-0.25, -0.2) is 8.78 Å². The highest BCUT2D eigenvalue weighted by Gasteiger charge is 2.44. The van der Waals surface area contributed by atoms with Crippen LogP contribution in [0.15, 0.2) is 60.2 Å². The summed E-state index contributed by atoms with van der Waals surface area (Å²) in [6.45, 7) is 4.23. The lowest BCUT2D eigenvalue weighted by Crippen LogP contribution is -2.56. The normalized spacial score (nSPS) is 20.9. The van der Waals surface area contributed by atoms with E-state index in [0.29, 0.717) is 32.2 Å². The molecular weight excluding hydrogens is 648 g/mol. The molecule has 2 aliphatic heterocycles. The Hall–Kier alpha value is -3.79. The summed E-state index contributed by atoms with van der Waals surface area (Å²) >= 11 is 5.89. The third-order valence-electron chi connectivity index (χ3n) is 10.3. The zero-order valence-corrected chi connectivity index (χ0v) is 29.0. The molecule has 1 amide bonds. The summed E-state index contributed by atoms with van der Waals surface area (Å²) in [5.41, 5.74) is 12.3. The van der Waals surface area contributed by atoms with Gasteiger partial charge in [0, 0.05) is 30.2 Å². The molecule has 3 aromatic rings. The van der Waals surface area contributed by atoms with Crippen LogP contribution in [0.2, 0.25) is 5.02 Å². The average Bonchev–Trinajstić information content (AvgIpc) is 3.94. The van der Waals surface area contributed by atoms with Crippen molar-refractivity contribution in [1.82, 2.24) is 10.2 Å². The third-order valence-corrected chi connectivity index (χ3v) is 10.6. The smallest absolute Gasteiger partial charge is 0.252 e. The van der Waals surface area contributed by atoms with Crippen molar-refractivity contribution in [2.75, 3.05) is 13.7 Å². The van der Waals surface area contributed by atoms with Crippen LogP contribution in [0.1, 0.15) is 67.7 Å². The number of aryl methyl sites for hydroxylation is 1. The Morgan fingerprint density at radius 2 is 1.80 bits per heavy atom. The Labute approximate surface area is 291 Å². The molecule has 1 saturated heterocycles. The van der Waals surface area contributed by atoms with Crippen molar-refractivity contribution in [3.8, 4) is 11.5 Å². The van der Waals surface area contributed by atoms with Gasteiger partial charge in [0.1, 0.15) is 22.4 Å². The van der Waals surface area contributed by atoms with E-state index in [0.717, 1.165) is 70.5 Å². The molecule has 3 N–H and O–H groups in total. The zero-order valence-electron chi connectivity index (χ0n) is 28.2. The van der Waals surface area contributed by atoms with E-state index in [2.05, 4.69) is 23.5 Å². The molecule has 4 atom stereocenters. The van der Waals surface area contributed by atoms with Crippen molar-refractivity contribution in [2.24, 2.45) is 11.7 Å². The predicted molar refractivity (Wildman–Crippen MR) is 187 cm³/mol. The summed E-state index contributed by atoms with van der Waals surface area (Å²) in [4.78, 5) is 29.1. The van der Waals surface area contributed by atoms with E-state index in [1.165, 1.54) is 0 Å². The topological polar surface area (TPSA) is 93.9 Å². The van der Waals surface area contributed by atoms with Crippen molar-refractivity contribution < 1.29 is 27.8 Å². The fourth-order valence-electron chi connectivity index (χ4n) is 7.38. The number of rotatable bonds is 13. The lowest BCUT2D eigenvalue weighted by Gasteiger charge is -2.44. The van der Waals surface area contributed by atoms with Gasteiger partial charge in [0.15, 0.2) is 11.6 Å². The molecule has 2 heterocycles. The first-order valence-electron chi connectivity index (χ1n) is 17.1. The first-order valence-corrected chi connectivity index (χ1v) is 17.5. The maximum Gasteiger partial charge on any atom is 0.252 e. The maximum atomic E-state index is 14.8. The van der Waals surface area contributed by atoms with E-state index in [1.54, 1.807) is 14.0 Å². The standard InChI is InChI=1S/C39H44ClF2N3O4/c1-22-26(7-4-8-34(22)48-3)21-45(29-13-14-29)39(47)35-30(20-28-18-27(19-33(35)44-28)37(43)23(2)46)25-11-9-24(10-12-25)6-5-17-49-38-32(42)16-15-31(41)36(38)40/h4,7-12,15-16,27-29,33,37,44H,5-6,13-14,17-21,43H2,1-3H3. The molecule has 2 fully saturated rings. The summed E-state index contributed by atoms with van der Waals surface area (Å²) in [6.07, 6.45) is 5.20. The highest BCUT2D eigenvalue weighted by atomic mass is 35.5. The predicted octanol–water partition coefficient (Wildman–Crippen LogP) is 6.95. The Morgan fingerprint density at radius 1 is 1.06 bits per heavy atom. The Balaban J connectivity index is 1.25. The Bertz CT molecular complexity index is 1740. The largest absolute Gasteiger partial charge is 0.496 e. The van der Waals surface area contributed by atoms with Crippen LogP contribution < -0.4 is 20.5 Å². The molecule has 0 radical (unpaired) electrons. The first-order chi connectivity index (χ1) is 23.5. The van der Waals surface area contributed by atoms with Gasteiger partial charge < -0.3 is 25.4 Å². The molecule has 3 aliphatic rings. The van der Waals surface area contributed by atoms with Crippen LogP contribution in [0.3, 0.4) is 0 Å². The number of hydrogen-bond donors (Lipinski definition) is 2. The van der Waals surface area contributed by atoms with Crippen LogP contribution in [-0.2, 0) is 22.6 Å². The summed E-state index contributed by atoms with van der Waals surface area (Å²) in [5.74, 6) is -0.908. The van der Waals surface area contributed by atoms with Gasteiger partial charge >= 0.3 is 0 Å². The third kappa shape index (κ3) is 7.69. The quantitative estimate of drug-likeness (QED) is 0.149. The molecule has 7 nitrogen and oxygen atoms in total. The number of nitrogens with zero attached hydrogens (tertiary/aromatic N) is 1. The Kier molecular flexibility index (Phi) is 10.7. The molecule has 4 unspecified atom stereocenters. The second kappa shape index (κ2) is 15.0. The lowest BCUT2D eigenvalue weighted by molar-refractivity contribution is -0.128. The summed E-state index contributed by atoms with van der Waals surface area (Å²) in [5, 5.41) is 3.36.